The van der Waals surface area contributed by atoms with Crippen molar-refractivity contribution in [2.75, 3.05) is 0 Å². The topological polar surface area (TPSA) is 56.2 Å². The molecule has 1 aliphatic carbocycles. The summed E-state index contributed by atoms with van der Waals surface area (Å²) in [6.07, 6.45) is 3.68. The second-order valence-corrected chi connectivity index (χ2v) is 6.29. The van der Waals surface area contributed by atoms with Gasteiger partial charge < -0.3 is 10.2 Å². The van der Waals surface area contributed by atoms with Crippen LogP contribution in [0, 0.1) is 12.8 Å². The number of rotatable bonds is 2. The summed E-state index contributed by atoms with van der Waals surface area (Å²) < 4.78 is 5.78. The number of Topliss-reactive ketones (excluding diaryl/α,β-unsaturated/α-hetero) is 1. The molecule has 0 saturated heterocycles. The Hall–Kier alpha value is -1.61. The summed E-state index contributed by atoms with van der Waals surface area (Å²) in [4.78, 5) is 12.7. The molecule has 2 aromatic rings. The molecule has 20 heavy (non-hydrogen) atoms. The van der Waals surface area contributed by atoms with Crippen molar-refractivity contribution in [3.63, 3.8) is 0 Å². The monoisotopic (exact) mass is 271 g/mol. The van der Waals surface area contributed by atoms with Gasteiger partial charge in [0.1, 0.15) is 5.58 Å². The van der Waals surface area contributed by atoms with Crippen molar-refractivity contribution in [3.05, 3.63) is 35.6 Å². The highest BCUT2D eigenvalue weighted by molar-refractivity contribution is 6.03. The van der Waals surface area contributed by atoms with Gasteiger partial charge in [0, 0.05) is 5.39 Å². The number of benzene rings is 1. The maximum absolute atomic E-state index is 12.7. The van der Waals surface area contributed by atoms with Crippen LogP contribution in [0.5, 0.6) is 0 Å². The van der Waals surface area contributed by atoms with E-state index in [1.54, 1.807) is 0 Å². The van der Waals surface area contributed by atoms with Gasteiger partial charge in [0.05, 0.1) is 5.54 Å². The standard InChI is InChI=1S/C17H21NO2/c1-11-5-4-8-17(18,10-11)16(19)14-9-13-7-3-6-12(2)15(13)20-14/h3,6-7,9,11H,4-5,8,10,18H2,1-2H3. The smallest absolute Gasteiger partial charge is 0.217 e. The van der Waals surface area contributed by atoms with E-state index in [2.05, 4.69) is 6.92 Å². The molecule has 1 aliphatic rings. The number of carbonyl (C=O) groups excluding carboxylic acids is 1. The second-order valence-electron chi connectivity index (χ2n) is 6.29. The third-order valence-corrected chi connectivity index (χ3v) is 4.45. The van der Waals surface area contributed by atoms with Crippen LogP contribution in [-0.4, -0.2) is 11.3 Å². The number of fused-ring (bicyclic) bond motifs is 1. The first-order valence-electron chi connectivity index (χ1n) is 7.32. The van der Waals surface area contributed by atoms with Gasteiger partial charge >= 0.3 is 0 Å². The first kappa shape index (κ1) is 13.4. The largest absolute Gasteiger partial charge is 0.453 e. The zero-order valence-corrected chi connectivity index (χ0v) is 12.1. The van der Waals surface area contributed by atoms with E-state index in [0.29, 0.717) is 11.7 Å². The Kier molecular flexibility index (Phi) is 3.17. The van der Waals surface area contributed by atoms with Crippen LogP contribution in [0.2, 0.25) is 0 Å². The summed E-state index contributed by atoms with van der Waals surface area (Å²) in [6.45, 7) is 4.15. The quantitative estimate of drug-likeness (QED) is 0.844. The van der Waals surface area contributed by atoms with Crippen LogP contribution in [0.1, 0.15) is 48.7 Å². The molecule has 1 aromatic heterocycles. The van der Waals surface area contributed by atoms with Crippen LogP contribution in [-0.2, 0) is 0 Å². The molecular weight excluding hydrogens is 250 g/mol. The second kappa shape index (κ2) is 4.74. The molecule has 1 aromatic carbocycles. The first-order chi connectivity index (χ1) is 9.49. The number of hydrogen-bond donors (Lipinski definition) is 1. The van der Waals surface area contributed by atoms with Gasteiger partial charge in [0.25, 0.3) is 0 Å². The molecule has 2 N–H and O–H groups in total. The van der Waals surface area contributed by atoms with E-state index in [4.69, 9.17) is 10.2 Å². The van der Waals surface area contributed by atoms with E-state index in [1.807, 2.05) is 31.2 Å². The molecule has 1 fully saturated rings. The lowest BCUT2D eigenvalue weighted by Crippen LogP contribution is -2.50. The minimum Gasteiger partial charge on any atom is -0.453 e. The van der Waals surface area contributed by atoms with Gasteiger partial charge in [-0.15, -0.1) is 0 Å². The van der Waals surface area contributed by atoms with Crippen molar-refractivity contribution >= 4 is 16.8 Å². The number of hydrogen-bond acceptors (Lipinski definition) is 3. The van der Waals surface area contributed by atoms with Gasteiger partial charge in [-0.1, -0.05) is 38.0 Å². The number of nitrogens with two attached hydrogens (primary N) is 1. The van der Waals surface area contributed by atoms with Crippen LogP contribution < -0.4 is 5.73 Å². The molecule has 0 radical (unpaired) electrons. The van der Waals surface area contributed by atoms with Gasteiger partial charge in [-0.2, -0.15) is 0 Å². The molecule has 1 saturated carbocycles. The molecular formula is C17H21NO2. The molecule has 2 unspecified atom stereocenters. The summed E-state index contributed by atoms with van der Waals surface area (Å²) in [6, 6.07) is 7.76. The Labute approximate surface area is 119 Å². The van der Waals surface area contributed by atoms with Crippen molar-refractivity contribution in [1.29, 1.82) is 0 Å². The fourth-order valence-electron chi connectivity index (χ4n) is 3.36. The average Bonchev–Trinajstić information content (AvgIpc) is 2.83. The number of carbonyl (C=O) groups is 1. The van der Waals surface area contributed by atoms with Crippen LogP contribution in [0.25, 0.3) is 11.0 Å². The zero-order valence-electron chi connectivity index (χ0n) is 12.1. The summed E-state index contributed by atoms with van der Waals surface area (Å²) >= 11 is 0. The van der Waals surface area contributed by atoms with E-state index in [0.717, 1.165) is 42.2 Å². The predicted molar refractivity (Wildman–Crippen MR) is 79.8 cm³/mol. The number of aryl methyl sites for hydroxylation is 1. The normalized spacial score (nSPS) is 26.9. The molecule has 1 heterocycles. The maximum Gasteiger partial charge on any atom is 0.217 e. The molecule has 3 nitrogen and oxygen atoms in total. The summed E-state index contributed by atoms with van der Waals surface area (Å²) in [5.41, 5.74) is 7.47. The van der Waals surface area contributed by atoms with Gasteiger partial charge in [-0.05, 0) is 37.3 Å². The van der Waals surface area contributed by atoms with Crippen LogP contribution in [0.4, 0.5) is 0 Å². The van der Waals surface area contributed by atoms with Crippen molar-refractivity contribution in [2.45, 2.75) is 45.1 Å². The Bertz CT molecular complexity index is 658. The van der Waals surface area contributed by atoms with Crippen molar-refractivity contribution in [1.82, 2.24) is 0 Å². The maximum atomic E-state index is 12.7. The van der Waals surface area contributed by atoms with Gasteiger partial charge in [0.15, 0.2) is 5.76 Å². The Morgan fingerprint density at radius 2 is 2.25 bits per heavy atom. The number of para-hydroxylation sites is 1. The SMILES string of the molecule is Cc1cccc2cc(C(=O)C3(N)CCCC(C)C3)oc12. The molecule has 0 bridgehead atoms. The van der Waals surface area contributed by atoms with E-state index < -0.39 is 5.54 Å². The van der Waals surface area contributed by atoms with Crippen LogP contribution in [0.3, 0.4) is 0 Å². The van der Waals surface area contributed by atoms with E-state index in [-0.39, 0.29) is 5.78 Å². The minimum atomic E-state index is -0.751. The number of furan rings is 1. The van der Waals surface area contributed by atoms with E-state index >= 15 is 0 Å². The minimum absolute atomic E-state index is 0.0420. The first-order valence-corrected chi connectivity index (χ1v) is 7.32. The fourth-order valence-corrected chi connectivity index (χ4v) is 3.36. The molecule has 106 valence electrons. The van der Waals surface area contributed by atoms with E-state index in [9.17, 15) is 4.79 Å². The van der Waals surface area contributed by atoms with Gasteiger partial charge in [-0.3, -0.25) is 4.79 Å². The number of ketones is 1. The molecule has 3 heteroatoms. The lowest BCUT2D eigenvalue weighted by Gasteiger charge is -2.34. The Morgan fingerprint density at radius 3 is 2.95 bits per heavy atom. The van der Waals surface area contributed by atoms with Crippen LogP contribution in [0.15, 0.2) is 28.7 Å². The Balaban J connectivity index is 1.98. The highest BCUT2D eigenvalue weighted by Gasteiger charge is 2.39. The highest BCUT2D eigenvalue weighted by atomic mass is 16.3. The summed E-state index contributed by atoms with van der Waals surface area (Å²) in [5.74, 6) is 0.870. The predicted octanol–water partition coefficient (Wildman–Crippen LogP) is 3.83. The van der Waals surface area contributed by atoms with Crippen molar-refractivity contribution < 1.29 is 9.21 Å². The lowest BCUT2D eigenvalue weighted by atomic mass is 9.74. The molecule has 0 spiro atoms. The van der Waals surface area contributed by atoms with Crippen LogP contribution >= 0.6 is 0 Å². The molecule has 3 rings (SSSR count). The molecule has 0 amide bonds. The van der Waals surface area contributed by atoms with E-state index in [1.165, 1.54) is 0 Å². The third-order valence-electron chi connectivity index (χ3n) is 4.45. The average molecular weight is 271 g/mol. The Morgan fingerprint density at radius 1 is 1.45 bits per heavy atom. The molecule has 0 aliphatic heterocycles. The van der Waals surface area contributed by atoms with Crippen molar-refractivity contribution in [3.8, 4) is 0 Å². The van der Waals surface area contributed by atoms with Gasteiger partial charge in [-0.25, -0.2) is 0 Å². The highest BCUT2D eigenvalue weighted by Crippen LogP contribution is 2.34. The van der Waals surface area contributed by atoms with Gasteiger partial charge in [0.2, 0.25) is 5.78 Å². The zero-order chi connectivity index (χ0) is 14.3. The fraction of sp³-hybridized carbons (Fsp3) is 0.471. The lowest BCUT2D eigenvalue weighted by molar-refractivity contribution is 0.0792. The summed E-state index contributed by atoms with van der Waals surface area (Å²) in [7, 11) is 0. The molecule has 2 atom stereocenters. The summed E-state index contributed by atoms with van der Waals surface area (Å²) in [5, 5.41) is 0.973. The third kappa shape index (κ3) is 2.16. The van der Waals surface area contributed by atoms with Crippen molar-refractivity contribution in [2.24, 2.45) is 11.7 Å².